The van der Waals surface area contributed by atoms with Gasteiger partial charge in [-0.2, -0.15) is 0 Å². The molecule has 13 nitrogen and oxygen atoms in total. The molecule has 4 atom stereocenters. The first-order valence-corrected chi connectivity index (χ1v) is 24.5. The minimum Gasteiger partial charge on any atom is -0.462 e. The summed E-state index contributed by atoms with van der Waals surface area (Å²) in [6.07, 6.45) is 0.661. The smallest absolute Gasteiger partial charge is 0.320 e. The minimum absolute atomic E-state index is 0.0134. The number of benzene rings is 2. The Morgan fingerprint density at radius 2 is 1.08 bits per heavy atom. The van der Waals surface area contributed by atoms with Gasteiger partial charge < -0.3 is 42.3 Å². The number of esters is 2. The lowest BCUT2D eigenvalue weighted by atomic mass is 10.00. The highest BCUT2D eigenvalue weighted by Crippen LogP contribution is 2.42. The van der Waals surface area contributed by atoms with E-state index in [1.165, 1.54) is 0 Å². The van der Waals surface area contributed by atoms with Gasteiger partial charge in [0.25, 0.3) is 0 Å². The van der Waals surface area contributed by atoms with Crippen molar-refractivity contribution < 1.29 is 51.9 Å². The molecule has 2 heterocycles. The average molecular weight is 863 g/mol. The lowest BCUT2D eigenvalue weighted by Gasteiger charge is -2.41. The predicted octanol–water partition coefficient (Wildman–Crippen LogP) is 9.18. The fourth-order valence-electron chi connectivity index (χ4n) is 6.40. The number of para-hydroxylation sites is 2. The monoisotopic (exact) mass is 863 g/mol. The van der Waals surface area contributed by atoms with E-state index in [1.54, 1.807) is 28.4 Å². The van der Waals surface area contributed by atoms with Gasteiger partial charge in [0, 0.05) is 96.5 Å². The summed E-state index contributed by atoms with van der Waals surface area (Å²) in [5.74, 6) is -0.818. The summed E-state index contributed by atoms with van der Waals surface area (Å²) in [6.45, 7) is 29.1. The van der Waals surface area contributed by atoms with Crippen LogP contribution in [-0.4, -0.2) is 107 Å². The number of nitrogens with zero attached hydrogens (tertiary/aromatic N) is 2. The summed E-state index contributed by atoms with van der Waals surface area (Å²) in [4.78, 5) is 31.4. The van der Waals surface area contributed by atoms with E-state index in [4.69, 9.17) is 32.8 Å². The van der Waals surface area contributed by atoms with E-state index in [2.05, 4.69) is 40.9 Å². The number of carbonyl (C=O) groups excluding carboxylic acids is 2. The Morgan fingerprint density at radius 3 is 1.48 bits per heavy atom. The van der Waals surface area contributed by atoms with E-state index in [-0.39, 0.29) is 31.1 Å². The second kappa shape index (κ2) is 22.8. The molecule has 342 valence electrons. The highest BCUT2D eigenvalue weighted by molar-refractivity contribution is 6.69. The number of rotatable bonds is 15. The zero-order valence-electron chi connectivity index (χ0n) is 40.2. The van der Waals surface area contributed by atoms with Crippen molar-refractivity contribution in [2.75, 3.05) is 54.6 Å². The molecule has 2 aliphatic heterocycles. The summed E-state index contributed by atoms with van der Waals surface area (Å²) in [7, 11) is 4.23. The van der Waals surface area contributed by atoms with Gasteiger partial charge in [-0.1, -0.05) is 50.2 Å². The van der Waals surface area contributed by atoms with Crippen LogP contribution in [0, 0.1) is 0 Å². The lowest BCUT2D eigenvalue weighted by Crippen LogP contribution is -2.47. The van der Waals surface area contributed by atoms with Crippen molar-refractivity contribution in [2.45, 2.75) is 157 Å². The highest BCUT2D eigenvalue weighted by Gasteiger charge is 2.39. The Balaban J connectivity index is 0.00000195. The largest absolute Gasteiger partial charge is 0.462 e. The normalized spacial score (nSPS) is 19.9. The molecule has 0 radical (unpaired) electrons. The molecule has 2 aromatic rings. The van der Waals surface area contributed by atoms with Gasteiger partial charge in [0.05, 0.1) is 26.3 Å². The molecule has 0 spiro atoms. The lowest BCUT2D eigenvalue weighted by molar-refractivity contribution is -0.196. The standard InChI is InChI=1S/C42H66N2O9Si.2C2H6O/c1-15-41(10)47-27-30-19-17-21-32(36(30)51-41)29(3)43(25-34(45)49-39(4,5)6)23-24-44(26-35(46)50-40(7,8)9)38(53-54(12,13)14)33-22-18-20-31-28-48-42(11,16-2)52-37(31)33;2*1-3-2/h17-22,29,38H,15-16,23-28H2,1-14H3;2*1-2H3. The van der Waals surface area contributed by atoms with Crippen LogP contribution in [0.3, 0.4) is 0 Å². The van der Waals surface area contributed by atoms with Crippen molar-refractivity contribution in [3.63, 3.8) is 0 Å². The van der Waals surface area contributed by atoms with Crippen LogP contribution in [0.25, 0.3) is 0 Å². The fourth-order valence-corrected chi connectivity index (χ4v) is 7.35. The van der Waals surface area contributed by atoms with E-state index in [9.17, 15) is 9.59 Å². The maximum atomic E-state index is 13.7. The van der Waals surface area contributed by atoms with Gasteiger partial charge in [0.15, 0.2) is 8.32 Å². The molecule has 0 saturated carbocycles. The second-order valence-electron chi connectivity index (χ2n) is 18.6. The Labute approximate surface area is 362 Å². The van der Waals surface area contributed by atoms with E-state index in [0.29, 0.717) is 44.9 Å². The number of hydrogen-bond donors (Lipinski definition) is 0. The number of methoxy groups -OCH3 is 2. The van der Waals surface area contributed by atoms with E-state index in [1.807, 2.05) is 111 Å². The van der Waals surface area contributed by atoms with Crippen LogP contribution in [0.2, 0.25) is 19.6 Å². The number of hydrogen-bond acceptors (Lipinski definition) is 13. The quantitative estimate of drug-likeness (QED) is 0.0962. The van der Waals surface area contributed by atoms with E-state index in [0.717, 1.165) is 28.0 Å². The SMILES string of the molecule is CCC1(C)OCc2cccc(C(C)N(CCN(CC(=O)OC(C)(C)C)C(O[Si](C)(C)C)c3cccc4c3OC(C)(CC)OC4)CC(=O)OC(C)(C)C)c2O1.COC.COC. The van der Waals surface area contributed by atoms with Gasteiger partial charge in [-0.3, -0.25) is 19.4 Å². The van der Waals surface area contributed by atoms with E-state index < -0.39 is 37.3 Å². The third kappa shape index (κ3) is 17.0. The molecule has 4 unspecified atom stereocenters. The summed E-state index contributed by atoms with van der Waals surface area (Å²) in [5.41, 5.74) is 2.28. The van der Waals surface area contributed by atoms with Crippen molar-refractivity contribution in [3.05, 3.63) is 58.7 Å². The molecular formula is C46H78N2O11Si. The Bertz CT molecular complexity index is 1650. The van der Waals surface area contributed by atoms with Crippen molar-refractivity contribution in [3.8, 4) is 11.5 Å². The Hall–Kier alpha value is -3.08. The first-order chi connectivity index (χ1) is 27.8. The van der Waals surface area contributed by atoms with Gasteiger partial charge in [0.2, 0.25) is 11.6 Å². The van der Waals surface area contributed by atoms with Crippen LogP contribution >= 0.6 is 0 Å². The molecule has 0 fully saturated rings. The van der Waals surface area contributed by atoms with E-state index >= 15 is 0 Å². The van der Waals surface area contributed by atoms with Gasteiger partial charge in [-0.05, 0) is 68.1 Å². The summed E-state index contributed by atoms with van der Waals surface area (Å²) < 4.78 is 52.6. The van der Waals surface area contributed by atoms with Gasteiger partial charge in [-0.15, -0.1) is 0 Å². The molecule has 0 aromatic heterocycles. The van der Waals surface area contributed by atoms with Gasteiger partial charge >= 0.3 is 11.9 Å². The van der Waals surface area contributed by atoms with Crippen LogP contribution < -0.4 is 9.47 Å². The van der Waals surface area contributed by atoms with Crippen LogP contribution in [-0.2, 0) is 55.7 Å². The third-order valence-electron chi connectivity index (χ3n) is 9.48. The molecule has 0 bridgehead atoms. The highest BCUT2D eigenvalue weighted by atomic mass is 28.4. The summed E-state index contributed by atoms with van der Waals surface area (Å²) >= 11 is 0. The zero-order chi connectivity index (χ0) is 45.7. The average Bonchev–Trinajstić information content (AvgIpc) is 3.13. The van der Waals surface area contributed by atoms with Crippen molar-refractivity contribution in [1.82, 2.24) is 9.80 Å². The van der Waals surface area contributed by atoms with Crippen molar-refractivity contribution in [1.29, 1.82) is 0 Å². The molecule has 2 aromatic carbocycles. The Kier molecular flexibility index (Phi) is 20.2. The van der Waals surface area contributed by atoms with Crippen molar-refractivity contribution >= 4 is 20.3 Å². The molecule has 2 aliphatic rings. The minimum atomic E-state index is -2.27. The van der Waals surface area contributed by atoms with Gasteiger partial charge in [0.1, 0.15) is 28.9 Å². The maximum Gasteiger partial charge on any atom is 0.320 e. The van der Waals surface area contributed by atoms with Crippen molar-refractivity contribution in [2.24, 2.45) is 0 Å². The topological polar surface area (TPSA) is 124 Å². The summed E-state index contributed by atoms with van der Waals surface area (Å²) in [5, 5.41) is 0. The third-order valence-corrected chi connectivity index (χ3v) is 10.4. The molecule has 0 aliphatic carbocycles. The number of fused-ring (bicyclic) bond motifs is 2. The maximum absolute atomic E-state index is 13.7. The van der Waals surface area contributed by atoms with Gasteiger partial charge in [-0.25, -0.2) is 0 Å². The summed E-state index contributed by atoms with van der Waals surface area (Å²) in [6, 6.07) is 11.8. The molecule has 4 rings (SSSR count). The number of ether oxygens (including phenoxy) is 8. The van der Waals surface area contributed by atoms with Crippen LogP contribution in [0.1, 0.15) is 124 Å². The molecule has 0 N–H and O–H groups in total. The molecule has 0 saturated heterocycles. The molecule has 0 amide bonds. The zero-order valence-corrected chi connectivity index (χ0v) is 41.2. The first kappa shape index (κ1) is 53.1. The molecule has 60 heavy (non-hydrogen) atoms. The predicted molar refractivity (Wildman–Crippen MR) is 237 cm³/mol. The second-order valence-corrected chi connectivity index (χ2v) is 23.1. The number of carbonyl (C=O) groups is 2. The molecular weight excluding hydrogens is 785 g/mol. The Morgan fingerprint density at radius 1 is 0.700 bits per heavy atom. The van der Waals surface area contributed by atoms with Crippen LogP contribution in [0.4, 0.5) is 0 Å². The molecule has 14 heteroatoms. The fraction of sp³-hybridized carbons (Fsp3) is 0.696. The van der Waals surface area contributed by atoms with Crippen LogP contribution in [0.5, 0.6) is 11.5 Å². The van der Waals surface area contributed by atoms with Crippen LogP contribution in [0.15, 0.2) is 36.4 Å². The first-order valence-electron chi connectivity index (χ1n) is 21.1.